The summed E-state index contributed by atoms with van der Waals surface area (Å²) in [6.45, 7) is 8.66. The van der Waals surface area contributed by atoms with Gasteiger partial charge in [-0.2, -0.15) is 0 Å². The zero-order valence-corrected chi connectivity index (χ0v) is 12.6. The summed E-state index contributed by atoms with van der Waals surface area (Å²) in [7, 11) is 0. The predicted molar refractivity (Wildman–Crippen MR) is 83.6 cm³/mol. The number of carbonyl (C=O) groups is 1. The average Bonchev–Trinajstić information content (AvgIpc) is 2.72. The molecule has 106 valence electrons. The number of nitrogens with zero attached hydrogens (tertiary/aromatic N) is 1. The Balaban J connectivity index is 2.12. The molecule has 0 amide bonds. The van der Waals surface area contributed by atoms with Crippen LogP contribution in [0.2, 0.25) is 0 Å². The van der Waals surface area contributed by atoms with Gasteiger partial charge in [-0.15, -0.1) is 0 Å². The minimum absolute atomic E-state index is 0.133. The predicted octanol–water partition coefficient (Wildman–Crippen LogP) is 3.98. The van der Waals surface area contributed by atoms with Gasteiger partial charge in [-0.1, -0.05) is 18.2 Å². The van der Waals surface area contributed by atoms with Crippen LogP contribution in [0, 0.1) is 13.8 Å². The van der Waals surface area contributed by atoms with E-state index >= 15 is 0 Å². The van der Waals surface area contributed by atoms with Crippen molar-refractivity contribution in [3.05, 3.63) is 53.3 Å². The lowest BCUT2D eigenvalue weighted by Gasteiger charge is -2.13. The summed E-state index contributed by atoms with van der Waals surface area (Å²) in [5.74, 6) is 0.133. The van der Waals surface area contributed by atoms with Crippen LogP contribution in [0.5, 0.6) is 0 Å². The summed E-state index contributed by atoms with van der Waals surface area (Å²) < 4.78 is 2.20. The van der Waals surface area contributed by atoms with E-state index < -0.39 is 0 Å². The fourth-order valence-electron chi connectivity index (χ4n) is 2.69. The first-order valence-electron chi connectivity index (χ1n) is 7.01. The molecule has 0 saturated carbocycles. The van der Waals surface area contributed by atoms with E-state index in [1.165, 1.54) is 0 Å². The Hall–Kier alpha value is -2.03. The van der Waals surface area contributed by atoms with E-state index in [1.807, 2.05) is 43.3 Å². The molecular formula is C17H22N2O. The molecule has 0 atom stereocenters. The lowest BCUT2D eigenvalue weighted by Crippen LogP contribution is -2.15. The number of ketones is 1. The van der Waals surface area contributed by atoms with Crippen LogP contribution in [-0.4, -0.2) is 16.9 Å². The van der Waals surface area contributed by atoms with E-state index in [9.17, 15) is 4.79 Å². The van der Waals surface area contributed by atoms with Gasteiger partial charge >= 0.3 is 0 Å². The number of benzene rings is 1. The third-order valence-corrected chi connectivity index (χ3v) is 3.53. The molecule has 0 saturated heterocycles. The van der Waals surface area contributed by atoms with Gasteiger partial charge in [0.1, 0.15) is 0 Å². The smallest absolute Gasteiger partial charge is 0.183 e. The summed E-state index contributed by atoms with van der Waals surface area (Å²) in [4.78, 5) is 12.4. The Bertz CT molecular complexity index is 597. The van der Waals surface area contributed by atoms with Crippen molar-refractivity contribution in [2.75, 3.05) is 11.9 Å². The molecule has 0 aliphatic heterocycles. The fourth-order valence-corrected chi connectivity index (χ4v) is 2.69. The van der Waals surface area contributed by atoms with Crippen molar-refractivity contribution in [1.29, 1.82) is 0 Å². The third kappa shape index (κ3) is 2.93. The average molecular weight is 270 g/mol. The van der Waals surface area contributed by atoms with Crippen LogP contribution in [-0.2, 0) is 0 Å². The van der Waals surface area contributed by atoms with Gasteiger partial charge in [0.2, 0.25) is 0 Å². The SMILES string of the molecule is Cc1cc(C(=O)CNc2ccccc2)c(C)n1C(C)C. The number of hydrogen-bond donors (Lipinski definition) is 1. The minimum atomic E-state index is 0.133. The molecule has 0 radical (unpaired) electrons. The van der Waals surface area contributed by atoms with Gasteiger partial charge in [0.15, 0.2) is 5.78 Å². The maximum absolute atomic E-state index is 12.4. The van der Waals surface area contributed by atoms with Crippen molar-refractivity contribution >= 4 is 11.5 Å². The van der Waals surface area contributed by atoms with E-state index in [-0.39, 0.29) is 5.78 Å². The molecule has 1 N–H and O–H groups in total. The molecule has 1 aromatic heterocycles. The molecule has 3 nitrogen and oxygen atoms in total. The van der Waals surface area contributed by atoms with E-state index in [2.05, 4.69) is 30.7 Å². The highest BCUT2D eigenvalue weighted by Crippen LogP contribution is 2.20. The number of aromatic nitrogens is 1. The Morgan fingerprint density at radius 3 is 2.40 bits per heavy atom. The maximum atomic E-state index is 12.4. The van der Waals surface area contributed by atoms with Crippen molar-refractivity contribution in [2.45, 2.75) is 33.7 Å². The Morgan fingerprint density at radius 2 is 1.85 bits per heavy atom. The van der Waals surface area contributed by atoms with Gasteiger partial charge in [0.05, 0.1) is 6.54 Å². The van der Waals surface area contributed by atoms with E-state index in [1.54, 1.807) is 0 Å². The number of hydrogen-bond acceptors (Lipinski definition) is 2. The number of nitrogens with one attached hydrogen (secondary N) is 1. The molecule has 0 aliphatic rings. The summed E-state index contributed by atoms with van der Waals surface area (Å²) in [6.07, 6.45) is 0. The summed E-state index contributed by atoms with van der Waals surface area (Å²) in [5, 5.41) is 3.17. The summed E-state index contributed by atoms with van der Waals surface area (Å²) >= 11 is 0. The van der Waals surface area contributed by atoms with Crippen LogP contribution in [0.3, 0.4) is 0 Å². The number of para-hydroxylation sites is 1. The minimum Gasteiger partial charge on any atom is -0.378 e. The van der Waals surface area contributed by atoms with Gasteiger partial charge in [0, 0.05) is 28.7 Å². The standard InChI is InChI=1S/C17H22N2O/c1-12(2)19-13(3)10-16(14(19)4)17(20)11-18-15-8-6-5-7-9-15/h5-10,12,18H,11H2,1-4H3. The highest BCUT2D eigenvalue weighted by molar-refractivity contribution is 6.00. The first-order chi connectivity index (χ1) is 9.50. The second kappa shape index (κ2) is 5.95. The molecule has 1 heterocycles. The molecule has 0 unspecified atom stereocenters. The Labute approximate surface area is 120 Å². The summed E-state index contributed by atoms with van der Waals surface area (Å²) in [5.41, 5.74) is 3.98. The first-order valence-corrected chi connectivity index (χ1v) is 7.01. The van der Waals surface area contributed by atoms with E-state index in [0.717, 1.165) is 22.6 Å². The molecule has 20 heavy (non-hydrogen) atoms. The lowest BCUT2D eigenvalue weighted by atomic mass is 10.1. The first kappa shape index (κ1) is 14.4. The van der Waals surface area contributed by atoms with E-state index in [4.69, 9.17) is 0 Å². The van der Waals surface area contributed by atoms with Gasteiger partial charge in [0.25, 0.3) is 0 Å². The molecule has 2 aromatic rings. The van der Waals surface area contributed by atoms with Crippen LogP contribution >= 0.6 is 0 Å². The molecule has 3 heteroatoms. The van der Waals surface area contributed by atoms with Crippen LogP contribution in [0.1, 0.15) is 41.6 Å². The second-order valence-corrected chi connectivity index (χ2v) is 5.39. The van der Waals surface area contributed by atoms with Gasteiger partial charge in [-0.05, 0) is 45.9 Å². The quantitative estimate of drug-likeness (QED) is 0.834. The normalized spacial score (nSPS) is 10.8. The van der Waals surface area contributed by atoms with Gasteiger partial charge in [-0.3, -0.25) is 4.79 Å². The lowest BCUT2D eigenvalue weighted by molar-refractivity contribution is 0.101. The largest absolute Gasteiger partial charge is 0.378 e. The number of rotatable bonds is 5. The van der Waals surface area contributed by atoms with Gasteiger partial charge < -0.3 is 9.88 Å². The van der Waals surface area contributed by atoms with Crippen LogP contribution in [0.4, 0.5) is 5.69 Å². The second-order valence-electron chi connectivity index (χ2n) is 5.39. The molecule has 0 bridgehead atoms. The molecular weight excluding hydrogens is 248 g/mol. The topological polar surface area (TPSA) is 34.0 Å². The number of carbonyl (C=O) groups excluding carboxylic acids is 1. The van der Waals surface area contributed by atoms with Crippen molar-refractivity contribution < 1.29 is 4.79 Å². The van der Waals surface area contributed by atoms with Crippen LogP contribution in [0.25, 0.3) is 0 Å². The number of Topliss-reactive ketones (excluding diaryl/α,β-unsaturated/α-hetero) is 1. The fraction of sp³-hybridized carbons (Fsp3) is 0.353. The van der Waals surface area contributed by atoms with Crippen LogP contribution < -0.4 is 5.32 Å². The Morgan fingerprint density at radius 1 is 1.20 bits per heavy atom. The monoisotopic (exact) mass is 270 g/mol. The van der Waals surface area contributed by atoms with Crippen molar-refractivity contribution in [3.63, 3.8) is 0 Å². The molecule has 1 aromatic carbocycles. The molecule has 0 fully saturated rings. The zero-order chi connectivity index (χ0) is 14.7. The summed E-state index contributed by atoms with van der Waals surface area (Å²) in [6, 6.07) is 12.2. The Kier molecular flexibility index (Phi) is 4.28. The molecule has 0 aliphatic carbocycles. The number of anilines is 1. The van der Waals surface area contributed by atoms with Crippen molar-refractivity contribution in [2.24, 2.45) is 0 Å². The van der Waals surface area contributed by atoms with Gasteiger partial charge in [-0.25, -0.2) is 0 Å². The van der Waals surface area contributed by atoms with Crippen LogP contribution in [0.15, 0.2) is 36.4 Å². The third-order valence-electron chi connectivity index (χ3n) is 3.53. The molecule has 0 spiro atoms. The number of aryl methyl sites for hydroxylation is 1. The highest BCUT2D eigenvalue weighted by Gasteiger charge is 2.16. The maximum Gasteiger partial charge on any atom is 0.183 e. The van der Waals surface area contributed by atoms with E-state index in [0.29, 0.717) is 12.6 Å². The highest BCUT2D eigenvalue weighted by atomic mass is 16.1. The zero-order valence-electron chi connectivity index (χ0n) is 12.6. The van der Waals surface area contributed by atoms with Crippen molar-refractivity contribution in [3.8, 4) is 0 Å². The molecule has 2 rings (SSSR count). The van der Waals surface area contributed by atoms with Crippen molar-refractivity contribution in [1.82, 2.24) is 4.57 Å².